The normalized spacial score (nSPS) is 22.3. The molecule has 1 heterocycles. The summed E-state index contributed by atoms with van der Waals surface area (Å²) in [5.41, 5.74) is 0. The monoisotopic (exact) mass is 239 g/mol. The molecule has 0 saturated carbocycles. The molecular weight excluding hydrogens is 236 g/mol. The van der Waals surface area contributed by atoms with E-state index in [-0.39, 0.29) is 0 Å². The van der Waals surface area contributed by atoms with E-state index in [9.17, 15) is 31.1 Å². The number of carbonyl (C=O) groups is 1. The first-order valence-corrected chi connectivity index (χ1v) is 4.17. The first kappa shape index (κ1) is 11.5. The summed E-state index contributed by atoms with van der Waals surface area (Å²) >= 11 is -0.499. The lowest BCUT2D eigenvalue weighted by Crippen LogP contribution is -2.61. The Kier molecular flexibility index (Phi) is 2.41. The van der Waals surface area contributed by atoms with Crippen molar-refractivity contribution in [2.75, 3.05) is 5.75 Å². The van der Waals surface area contributed by atoms with Gasteiger partial charge in [-0.05, 0) is 0 Å². The van der Waals surface area contributed by atoms with Crippen molar-refractivity contribution < 1.29 is 31.1 Å². The van der Waals surface area contributed by atoms with Gasteiger partial charge in [-0.3, -0.25) is 4.79 Å². The minimum atomic E-state index is -5.55. The van der Waals surface area contributed by atoms with Gasteiger partial charge >= 0.3 is 12.4 Å². The van der Waals surface area contributed by atoms with E-state index in [1.807, 2.05) is 0 Å². The third-order valence-corrected chi connectivity index (χ3v) is 2.94. The summed E-state index contributed by atoms with van der Waals surface area (Å²) in [6.07, 6.45) is -11.1. The number of amides is 1. The highest BCUT2D eigenvalue weighted by atomic mass is 32.2. The van der Waals surface area contributed by atoms with Crippen LogP contribution in [-0.4, -0.2) is 28.9 Å². The number of nitrogens with one attached hydrogen (secondary N) is 1. The van der Waals surface area contributed by atoms with Gasteiger partial charge in [-0.1, -0.05) is 0 Å². The zero-order valence-electron chi connectivity index (χ0n) is 6.29. The molecule has 0 bridgehead atoms. The lowest BCUT2D eigenvalue weighted by atomic mass is 10.2. The van der Waals surface area contributed by atoms with E-state index in [0.29, 0.717) is 0 Å². The number of hydrogen-bond donors (Lipinski definition) is 1. The maximum atomic E-state index is 12.1. The van der Waals surface area contributed by atoms with Gasteiger partial charge in [0.05, 0.1) is 5.75 Å². The van der Waals surface area contributed by atoms with E-state index in [2.05, 4.69) is 0 Å². The van der Waals surface area contributed by atoms with Crippen molar-refractivity contribution in [2.24, 2.45) is 0 Å². The number of rotatable bonds is 0. The van der Waals surface area contributed by atoms with Crippen molar-refractivity contribution in [3.05, 3.63) is 0 Å². The molecule has 2 nitrogen and oxygen atoms in total. The summed E-state index contributed by atoms with van der Waals surface area (Å²) in [5, 5.41) is 0.921. The maximum absolute atomic E-state index is 12.1. The fourth-order valence-electron chi connectivity index (χ4n) is 0.908. The molecule has 1 fully saturated rings. The van der Waals surface area contributed by atoms with Gasteiger partial charge in [0.1, 0.15) is 0 Å². The smallest absolute Gasteiger partial charge is 0.326 e. The molecular formula is C5H3F6NOS. The van der Waals surface area contributed by atoms with E-state index >= 15 is 0 Å². The predicted molar refractivity (Wildman–Crippen MR) is 35.4 cm³/mol. The molecule has 1 aliphatic heterocycles. The largest absolute Gasteiger partial charge is 0.430 e. The Morgan fingerprint density at radius 1 is 1.14 bits per heavy atom. The Balaban J connectivity index is 3.12. The second-order valence-corrected chi connectivity index (χ2v) is 3.70. The second-order valence-electron chi connectivity index (χ2n) is 2.51. The van der Waals surface area contributed by atoms with Crippen LogP contribution in [0.25, 0.3) is 0 Å². The van der Waals surface area contributed by atoms with Gasteiger partial charge in [-0.15, -0.1) is 11.8 Å². The van der Waals surface area contributed by atoms with Gasteiger partial charge < -0.3 is 5.32 Å². The molecule has 0 atom stereocenters. The number of thioether (sulfide) groups is 1. The summed E-state index contributed by atoms with van der Waals surface area (Å²) in [6.45, 7) is 0. The van der Waals surface area contributed by atoms with Crippen LogP contribution in [0.15, 0.2) is 0 Å². The van der Waals surface area contributed by atoms with Gasteiger partial charge in [-0.25, -0.2) is 0 Å². The van der Waals surface area contributed by atoms with Crippen LogP contribution in [0.2, 0.25) is 0 Å². The molecule has 0 radical (unpaired) electrons. The lowest BCUT2D eigenvalue weighted by molar-refractivity contribution is -0.270. The molecule has 82 valence electrons. The average molecular weight is 239 g/mol. The molecule has 0 aromatic carbocycles. The molecule has 1 saturated heterocycles. The van der Waals surface area contributed by atoms with Crippen LogP contribution in [0.4, 0.5) is 26.3 Å². The van der Waals surface area contributed by atoms with Crippen molar-refractivity contribution in [3.8, 4) is 0 Å². The Morgan fingerprint density at radius 3 is 1.71 bits per heavy atom. The second kappa shape index (κ2) is 2.94. The van der Waals surface area contributed by atoms with E-state index in [4.69, 9.17) is 0 Å². The SMILES string of the molecule is O=C1CSC(C(F)(F)F)(C(F)(F)F)N1. The highest BCUT2D eigenvalue weighted by molar-refractivity contribution is 8.01. The molecule has 1 aliphatic rings. The molecule has 9 heteroatoms. The predicted octanol–water partition coefficient (Wildman–Crippen LogP) is 1.67. The van der Waals surface area contributed by atoms with Crippen molar-refractivity contribution in [3.63, 3.8) is 0 Å². The van der Waals surface area contributed by atoms with Crippen LogP contribution in [0, 0.1) is 0 Å². The number of alkyl halides is 6. The summed E-state index contributed by atoms with van der Waals surface area (Å²) in [4.78, 5) is 6.28. The summed E-state index contributed by atoms with van der Waals surface area (Å²) in [7, 11) is 0. The highest BCUT2D eigenvalue weighted by Gasteiger charge is 2.74. The molecule has 1 rings (SSSR count). The average Bonchev–Trinajstić information content (AvgIpc) is 2.28. The van der Waals surface area contributed by atoms with Gasteiger partial charge in [0.2, 0.25) is 5.91 Å². The molecule has 0 unspecified atom stereocenters. The van der Waals surface area contributed by atoms with Crippen LogP contribution < -0.4 is 5.32 Å². The van der Waals surface area contributed by atoms with Crippen molar-refractivity contribution in [1.82, 2.24) is 5.32 Å². The van der Waals surface area contributed by atoms with Crippen molar-refractivity contribution in [1.29, 1.82) is 0 Å². The van der Waals surface area contributed by atoms with Gasteiger partial charge in [0, 0.05) is 0 Å². The highest BCUT2D eigenvalue weighted by Crippen LogP contribution is 2.52. The third-order valence-electron chi connectivity index (χ3n) is 1.53. The molecule has 14 heavy (non-hydrogen) atoms. The van der Waals surface area contributed by atoms with Crippen molar-refractivity contribution >= 4 is 17.7 Å². The number of carbonyl (C=O) groups excluding carboxylic acids is 1. The molecule has 0 spiro atoms. The fourth-order valence-corrected chi connectivity index (χ4v) is 1.84. The summed E-state index contributed by atoms with van der Waals surface area (Å²) in [5.74, 6) is -2.12. The lowest BCUT2D eigenvalue weighted by Gasteiger charge is -2.32. The Bertz CT molecular complexity index is 244. The van der Waals surface area contributed by atoms with Crippen molar-refractivity contribution in [2.45, 2.75) is 17.2 Å². The van der Waals surface area contributed by atoms with Crippen LogP contribution in [0.3, 0.4) is 0 Å². The Hall–Kier alpha value is -0.600. The zero-order valence-corrected chi connectivity index (χ0v) is 7.11. The van der Waals surface area contributed by atoms with E-state index < -0.39 is 40.6 Å². The maximum Gasteiger partial charge on any atom is 0.430 e. The van der Waals surface area contributed by atoms with E-state index in [0.717, 1.165) is 5.32 Å². The fraction of sp³-hybridized carbons (Fsp3) is 0.800. The molecule has 0 aromatic heterocycles. The molecule has 1 N–H and O–H groups in total. The van der Waals surface area contributed by atoms with Gasteiger partial charge in [-0.2, -0.15) is 26.3 Å². The number of hydrogen-bond acceptors (Lipinski definition) is 2. The quantitative estimate of drug-likeness (QED) is 0.651. The first-order valence-electron chi connectivity index (χ1n) is 3.18. The number of halogens is 6. The Labute approximate surface area is 78.0 Å². The van der Waals surface area contributed by atoms with Crippen LogP contribution >= 0.6 is 11.8 Å². The van der Waals surface area contributed by atoms with E-state index in [1.54, 1.807) is 0 Å². The Morgan fingerprint density at radius 2 is 1.57 bits per heavy atom. The molecule has 1 amide bonds. The molecule has 0 aromatic rings. The van der Waals surface area contributed by atoms with E-state index in [1.165, 1.54) is 0 Å². The summed E-state index contributed by atoms with van der Waals surface area (Å²) in [6, 6.07) is 0. The minimum Gasteiger partial charge on any atom is -0.326 e. The zero-order chi connectivity index (χ0) is 11.2. The molecule has 0 aliphatic carbocycles. The third kappa shape index (κ3) is 1.53. The van der Waals surface area contributed by atoms with Crippen LogP contribution in [-0.2, 0) is 4.79 Å². The van der Waals surface area contributed by atoms with Crippen LogP contribution in [0.5, 0.6) is 0 Å². The first-order chi connectivity index (χ1) is 6.10. The topological polar surface area (TPSA) is 29.1 Å². The van der Waals surface area contributed by atoms with Crippen LogP contribution in [0.1, 0.15) is 0 Å². The van der Waals surface area contributed by atoms with Gasteiger partial charge in [0.25, 0.3) is 4.87 Å². The summed E-state index contributed by atoms with van der Waals surface area (Å²) < 4.78 is 72.8. The van der Waals surface area contributed by atoms with Gasteiger partial charge in [0.15, 0.2) is 0 Å². The standard InChI is InChI=1S/C5H3F6NOS/c6-4(7,8)3(5(9,10)11)12-2(13)1-14-3/h1H2,(H,12,13). The minimum absolute atomic E-state index is 0.499.